The zero-order valence-corrected chi connectivity index (χ0v) is 16.1. The van der Waals surface area contributed by atoms with E-state index in [1.807, 2.05) is 13.1 Å². The van der Waals surface area contributed by atoms with E-state index in [9.17, 15) is 0 Å². The second kappa shape index (κ2) is 8.15. The molecule has 0 atom stereocenters. The van der Waals surface area contributed by atoms with Gasteiger partial charge in [0.25, 0.3) is 0 Å². The summed E-state index contributed by atoms with van der Waals surface area (Å²) in [6.07, 6.45) is 5.18. The minimum absolute atomic E-state index is 0.621. The molecule has 2 aromatic heterocycles. The van der Waals surface area contributed by atoms with Gasteiger partial charge in [-0.3, -0.25) is 4.90 Å². The molecular formula is C18H27ClN6. The molecule has 0 bridgehead atoms. The second-order valence-corrected chi connectivity index (χ2v) is 7.10. The number of aryl methyl sites for hydroxylation is 3. The highest BCUT2D eigenvalue weighted by molar-refractivity contribution is 6.30. The Morgan fingerprint density at radius 3 is 2.64 bits per heavy atom. The molecule has 1 fully saturated rings. The standard InChI is InChI=1S/C18H27ClN6/c1-4-5-6-16-22-15(17(19)23-16)12-24-7-9-25(10-8-24)18-13(2)11-20-14(3)21-18/h11H,4-10,12H2,1-3H3,(H,22,23). The van der Waals surface area contributed by atoms with Crippen molar-refractivity contribution in [2.75, 3.05) is 31.1 Å². The van der Waals surface area contributed by atoms with Crippen molar-refractivity contribution in [1.82, 2.24) is 24.8 Å². The van der Waals surface area contributed by atoms with Crippen LogP contribution in [0.3, 0.4) is 0 Å². The molecule has 0 aliphatic carbocycles. The van der Waals surface area contributed by atoms with Gasteiger partial charge in [0.2, 0.25) is 0 Å². The Labute approximate surface area is 154 Å². The molecule has 0 aromatic carbocycles. The fourth-order valence-electron chi connectivity index (χ4n) is 3.19. The zero-order valence-electron chi connectivity index (χ0n) is 15.3. The summed E-state index contributed by atoms with van der Waals surface area (Å²) in [6, 6.07) is 0. The highest BCUT2D eigenvalue weighted by Gasteiger charge is 2.21. The molecule has 1 saturated heterocycles. The number of aromatic amines is 1. The Hall–Kier alpha value is -1.66. The number of nitrogens with zero attached hydrogens (tertiary/aromatic N) is 5. The van der Waals surface area contributed by atoms with Gasteiger partial charge in [-0.1, -0.05) is 24.9 Å². The number of hydrogen-bond donors (Lipinski definition) is 1. The first-order valence-corrected chi connectivity index (χ1v) is 9.45. The molecular weight excluding hydrogens is 336 g/mol. The van der Waals surface area contributed by atoms with Gasteiger partial charge in [-0.05, 0) is 20.3 Å². The van der Waals surface area contributed by atoms with Gasteiger partial charge in [0.1, 0.15) is 17.5 Å². The Morgan fingerprint density at radius 1 is 1.16 bits per heavy atom. The lowest BCUT2D eigenvalue weighted by molar-refractivity contribution is 0.246. The van der Waals surface area contributed by atoms with E-state index >= 15 is 0 Å². The number of piperazine rings is 1. The first-order chi connectivity index (χ1) is 12.1. The topological polar surface area (TPSA) is 60.9 Å². The molecule has 7 heteroatoms. The maximum atomic E-state index is 6.31. The quantitative estimate of drug-likeness (QED) is 0.855. The lowest BCUT2D eigenvalue weighted by Gasteiger charge is -2.35. The van der Waals surface area contributed by atoms with Crippen molar-refractivity contribution in [3.63, 3.8) is 0 Å². The summed E-state index contributed by atoms with van der Waals surface area (Å²) in [5.41, 5.74) is 2.17. The maximum absolute atomic E-state index is 6.31. The Bertz CT molecular complexity index is 706. The average Bonchev–Trinajstić information content (AvgIpc) is 2.95. The monoisotopic (exact) mass is 362 g/mol. The number of anilines is 1. The van der Waals surface area contributed by atoms with E-state index in [2.05, 4.69) is 43.6 Å². The van der Waals surface area contributed by atoms with Crippen molar-refractivity contribution < 1.29 is 0 Å². The van der Waals surface area contributed by atoms with Crippen LogP contribution in [-0.4, -0.2) is 51.0 Å². The number of unbranched alkanes of at least 4 members (excludes halogenated alkanes) is 1. The third-order valence-corrected chi connectivity index (χ3v) is 4.98. The summed E-state index contributed by atoms with van der Waals surface area (Å²) in [4.78, 5) is 21.5. The van der Waals surface area contributed by atoms with Crippen LogP contribution in [-0.2, 0) is 13.0 Å². The smallest absolute Gasteiger partial charge is 0.151 e. The van der Waals surface area contributed by atoms with E-state index < -0.39 is 0 Å². The van der Waals surface area contributed by atoms with Gasteiger partial charge < -0.3 is 9.88 Å². The van der Waals surface area contributed by atoms with Crippen LogP contribution < -0.4 is 4.90 Å². The van der Waals surface area contributed by atoms with Crippen molar-refractivity contribution in [3.8, 4) is 0 Å². The molecule has 6 nitrogen and oxygen atoms in total. The number of H-pyrrole nitrogens is 1. The first kappa shape index (κ1) is 18.1. The van der Waals surface area contributed by atoms with Crippen LogP contribution in [0.15, 0.2) is 6.20 Å². The number of rotatable bonds is 6. The van der Waals surface area contributed by atoms with Crippen molar-refractivity contribution >= 4 is 17.4 Å². The van der Waals surface area contributed by atoms with Crippen LogP contribution in [0.2, 0.25) is 5.15 Å². The lowest BCUT2D eigenvalue weighted by Crippen LogP contribution is -2.46. The molecule has 1 aliphatic rings. The van der Waals surface area contributed by atoms with Crippen LogP contribution in [0, 0.1) is 13.8 Å². The predicted molar refractivity (Wildman–Crippen MR) is 101 cm³/mol. The van der Waals surface area contributed by atoms with Crippen LogP contribution in [0.5, 0.6) is 0 Å². The molecule has 0 spiro atoms. The highest BCUT2D eigenvalue weighted by atomic mass is 35.5. The highest BCUT2D eigenvalue weighted by Crippen LogP contribution is 2.20. The van der Waals surface area contributed by atoms with E-state index in [4.69, 9.17) is 11.6 Å². The van der Waals surface area contributed by atoms with Crippen LogP contribution >= 0.6 is 11.6 Å². The number of halogens is 1. The van der Waals surface area contributed by atoms with Crippen LogP contribution in [0.1, 0.15) is 42.7 Å². The summed E-state index contributed by atoms with van der Waals surface area (Å²) in [7, 11) is 0. The molecule has 0 amide bonds. The minimum Gasteiger partial charge on any atom is -0.354 e. The van der Waals surface area contributed by atoms with E-state index in [0.717, 1.165) is 80.7 Å². The number of hydrogen-bond acceptors (Lipinski definition) is 5. The van der Waals surface area contributed by atoms with E-state index in [0.29, 0.717) is 5.15 Å². The molecule has 136 valence electrons. The summed E-state index contributed by atoms with van der Waals surface area (Å²) in [5, 5.41) is 0.621. The fourth-order valence-corrected chi connectivity index (χ4v) is 3.40. The number of nitrogens with one attached hydrogen (secondary N) is 1. The van der Waals surface area contributed by atoms with Gasteiger partial charge in [-0.25, -0.2) is 15.0 Å². The van der Waals surface area contributed by atoms with Crippen LogP contribution in [0.25, 0.3) is 0 Å². The van der Waals surface area contributed by atoms with Crippen molar-refractivity contribution in [3.05, 3.63) is 34.3 Å². The van der Waals surface area contributed by atoms with E-state index in [-0.39, 0.29) is 0 Å². The third-order valence-electron chi connectivity index (χ3n) is 4.66. The molecule has 3 heterocycles. The first-order valence-electron chi connectivity index (χ1n) is 9.07. The largest absolute Gasteiger partial charge is 0.354 e. The van der Waals surface area contributed by atoms with Gasteiger partial charge in [0.05, 0.1) is 5.69 Å². The predicted octanol–water partition coefficient (Wildman–Crippen LogP) is 3.13. The van der Waals surface area contributed by atoms with Crippen LogP contribution in [0.4, 0.5) is 5.82 Å². The van der Waals surface area contributed by atoms with E-state index in [1.54, 1.807) is 0 Å². The SMILES string of the molecule is CCCCc1nc(Cl)c(CN2CCN(c3nc(C)ncc3C)CC2)[nH]1. The Kier molecular flexibility index (Phi) is 5.91. The molecule has 1 aliphatic heterocycles. The summed E-state index contributed by atoms with van der Waals surface area (Å²) < 4.78 is 0. The van der Waals surface area contributed by atoms with Crippen molar-refractivity contribution in [1.29, 1.82) is 0 Å². The molecule has 1 N–H and O–H groups in total. The molecule has 0 radical (unpaired) electrons. The number of imidazole rings is 1. The normalized spacial score (nSPS) is 15.8. The van der Waals surface area contributed by atoms with Gasteiger partial charge in [0.15, 0.2) is 5.15 Å². The molecule has 3 rings (SSSR count). The Morgan fingerprint density at radius 2 is 1.92 bits per heavy atom. The minimum atomic E-state index is 0.621. The number of aromatic nitrogens is 4. The lowest BCUT2D eigenvalue weighted by atomic mass is 10.2. The summed E-state index contributed by atoms with van der Waals surface area (Å²) >= 11 is 6.31. The fraction of sp³-hybridized carbons (Fsp3) is 0.611. The van der Waals surface area contributed by atoms with E-state index in [1.165, 1.54) is 0 Å². The molecule has 2 aromatic rings. The van der Waals surface area contributed by atoms with Crippen molar-refractivity contribution in [2.24, 2.45) is 0 Å². The molecule has 0 unspecified atom stereocenters. The van der Waals surface area contributed by atoms with Gasteiger partial charge in [0, 0.05) is 50.9 Å². The summed E-state index contributed by atoms with van der Waals surface area (Å²) in [5.74, 6) is 2.90. The van der Waals surface area contributed by atoms with Gasteiger partial charge in [-0.2, -0.15) is 0 Å². The maximum Gasteiger partial charge on any atom is 0.151 e. The molecule has 0 saturated carbocycles. The van der Waals surface area contributed by atoms with Gasteiger partial charge >= 0.3 is 0 Å². The Balaban J connectivity index is 1.57. The van der Waals surface area contributed by atoms with Gasteiger partial charge in [-0.15, -0.1) is 0 Å². The average molecular weight is 363 g/mol. The summed E-state index contributed by atoms with van der Waals surface area (Å²) in [6.45, 7) is 10.9. The molecule has 25 heavy (non-hydrogen) atoms. The third kappa shape index (κ3) is 4.50. The van der Waals surface area contributed by atoms with Crippen molar-refractivity contribution in [2.45, 2.75) is 46.6 Å². The second-order valence-electron chi connectivity index (χ2n) is 6.74. The zero-order chi connectivity index (χ0) is 17.8.